The van der Waals surface area contributed by atoms with E-state index in [1.54, 1.807) is 0 Å². The summed E-state index contributed by atoms with van der Waals surface area (Å²) in [5, 5.41) is 0.850. The van der Waals surface area contributed by atoms with Crippen molar-refractivity contribution >= 4 is 37.6 Å². The number of nitrogens with zero attached hydrogens (tertiary/aromatic N) is 1. The zero-order valence-electron chi connectivity index (χ0n) is 8.02. The number of hydrogen-bond donors (Lipinski definition) is 1. The molecule has 0 aliphatic carbocycles. The highest BCUT2D eigenvalue weighted by atomic mass is 32.2. The Balaban J connectivity index is 2.50. The van der Waals surface area contributed by atoms with Crippen LogP contribution in [0.4, 0.5) is 0 Å². The zero-order chi connectivity index (χ0) is 10.1. The van der Waals surface area contributed by atoms with Gasteiger partial charge in [-0.25, -0.2) is 4.98 Å². The van der Waals surface area contributed by atoms with Crippen molar-refractivity contribution in [3.8, 4) is 0 Å². The van der Waals surface area contributed by atoms with Crippen LogP contribution in [0.1, 0.15) is 9.80 Å². The monoisotopic (exact) mass is 225 g/mol. The van der Waals surface area contributed by atoms with E-state index >= 15 is 0 Å². The predicted octanol–water partition coefficient (Wildman–Crippen LogP) is 2.70. The van der Waals surface area contributed by atoms with Gasteiger partial charge in [-0.15, -0.1) is 11.3 Å². The van der Waals surface area contributed by atoms with Crippen LogP contribution in [-0.2, 0) is 0 Å². The number of aromatic nitrogens is 1. The Morgan fingerprint density at radius 2 is 2.07 bits per heavy atom. The van der Waals surface area contributed by atoms with Crippen LogP contribution in [0.5, 0.6) is 0 Å². The Morgan fingerprint density at radius 3 is 2.71 bits per heavy atom. The van der Waals surface area contributed by atoms with Gasteiger partial charge in [0.05, 0.1) is 10.2 Å². The molecule has 2 nitrogen and oxygen atoms in total. The van der Waals surface area contributed by atoms with Crippen molar-refractivity contribution in [1.29, 1.82) is 0 Å². The molecular formula is C10H11NOS2. The van der Waals surface area contributed by atoms with E-state index in [2.05, 4.69) is 4.98 Å². The molecule has 1 aromatic heterocycles. The van der Waals surface area contributed by atoms with Crippen LogP contribution in [0.3, 0.4) is 0 Å². The average Bonchev–Trinajstić information content (AvgIpc) is 2.59. The first-order valence-electron chi connectivity index (χ1n) is 4.25. The van der Waals surface area contributed by atoms with Crippen molar-refractivity contribution in [3.05, 3.63) is 29.3 Å². The van der Waals surface area contributed by atoms with Crippen LogP contribution in [0.15, 0.2) is 24.3 Å². The fourth-order valence-electron chi connectivity index (χ4n) is 1.15. The number of rotatable bonds is 1. The molecule has 0 fully saturated rings. The van der Waals surface area contributed by atoms with Gasteiger partial charge < -0.3 is 0 Å². The summed E-state index contributed by atoms with van der Waals surface area (Å²) < 4.78 is 1.09. The standard InChI is InChI=1S/C10H11NOS2/c1-14(2)10(12)9-11-7-5-3-4-6-8(7)13-9/h3-6,14H,1-2H3. The molecule has 4 heteroatoms. The summed E-state index contributed by atoms with van der Waals surface area (Å²) >= 11 is 1.49. The summed E-state index contributed by atoms with van der Waals surface area (Å²) in [4.78, 5) is 16.0. The van der Waals surface area contributed by atoms with E-state index in [1.165, 1.54) is 11.3 Å². The first kappa shape index (κ1) is 9.68. The lowest BCUT2D eigenvalue weighted by atomic mass is 10.3. The molecule has 14 heavy (non-hydrogen) atoms. The minimum absolute atomic E-state index is 0.196. The zero-order valence-corrected chi connectivity index (χ0v) is 9.73. The van der Waals surface area contributed by atoms with Crippen LogP contribution in [0.25, 0.3) is 10.2 Å². The molecule has 1 heterocycles. The highest BCUT2D eigenvalue weighted by Gasteiger charge is 2.12. The molecule has 0 unspecified atom stereocenters. The molecule has 0 spiro atoms. The summed E-state index contributed by atoms with van der Waals surface area (Å²) in [6, 6.07) is 7.85. The molecular weight excluding hydrogens is 214 g/mol. The number of fused-ring (bicyclic) bond motifs is 1. The molecule has 2 aromatic rings. The number of carbonyl (C=O) groups excluding carboxylic acids is 1. The number of thiol groups is 1. The number of carbonyl (C=O) groups is 1. The van der Waals surface area contributed by atoms with Crippen LogP contribution in [0, 0.1) is 0 Å². The number of hydrogen-bond acceptors (Lipinski definition) is 3. The summed E-state index contributed by atoms with van der Waals surface area (Å²) in [5.74, 6) is 0. The highest BCUT2D eigenvalue weighted by Crippen LogP contribution is 2.28. The fourth-order valence-corrected chi connectivity index (χ4v) is 3.08. The smallest absolute Gasteiger partial charge is 0.228 e. The minimum atomic E-state index is -0.566. The van der Waals surface area contributed by atoms with Crippen LogP contribution >= 0.6 is 22.2 Å². The maximum Gasteiger partial charge on any atom is 0.228 e. The van der Waals surface area contributed by atoms with Gasteiger partial charge in [-0.2, -0.15) is 10.9 Å². The lowest BCUT2D eigenvalue weighted by molar-refractivity contribution is 0.108. The number of para-hydroxylation sites is 1. The second kappa shape index (κ2) is 3.71. The lowest BCUT2D eigenvalue weighted by Gasteiger charge is -2.02. The topological polar surface area (TPSA) is 30.0 Å². The van der Waals surface area contributed by atoms with Crippen molar-refractivity contribution in [1.82, 2.24) is 4.98 Å². The van der Waals surface area contributed by atoms with Crippen molar-refractivity contribution in [2.24, 2.45) is 0 Å². The molecule has 74 valence electrons. The van der Waals surface area contributed by atoms with Crippen LogP contribution in [-0.4, -0.2) is 22.6 Å². The third-order valence-electron chi connectivity index (χ3n) is 1.88. The third kappa shape index (κ3) is 1.67. The Hall–Kier alpha value is -0.870. The molecule has 1 aromatic carbocycles. The van der Waals surface area contributed by atoms with Gasteiger partial charge in [-0.3, -0.25) is 4.79 Å². The molecule has 0 atom stereocenters. The minimum Gasteiger partial charge on any atom is -0.281 e. The van der Waals surface area contributed by atoms with Gasteiger partial charge in [0.15, 0.2) is 5.01 Å². The van der Waals surface area contributed by atoms with Crippen molar-refractivity contribution in [2.75, 3.05) is 12.5 Å². The second-order valence-electron chi connectivity index (χ2n) is 3.19. The average molecular weight is 225 g/mol. The van der Waals surface area contributed by atoms with Gasteiger partial charge in [0.25, 0.3) is 0 Å². The number of benzene rings is 1. The summed E-state index contributed by atoms with van der Waals surface area (Å²) in [6.45, 7) is 0. The molecule has 0 amide bonds. The maximum absolute atomic E-state index is 11.7. The van der Waals surface area contributed by atoms with Gasteiger partial charge >= 0.3 is 0 Å². The first-order valence-corrected chi connectivity index (χ1v) is 7.31. The van der Waals surface area contributed by atoms with E-state index < -0.39 is 10.9 Å². The van der Waals surface area contributed by atoms with E-state index in [0.717, 1.165) is 10.2 Å². The normalized spacial score (nSPS) is 11.7. The Kier molecular flexibility index (Phi) is 2.56. The van der Waals surface area contributed by atoms with Crippen molar-refractivity contribution in [2.45, 2.75) is 0 Å². The van der Waals surface area contributed by atoms with Gasteiger partial charge in [-0.05, 0) is 24.6 Å². The SMILES string of the molecule is C[SH](C)C(=O)c1nc2ccccc2s1. The van der Waals surface area contributed by atoms with Crippen molar-refractivity contribution in [3.63, 3.8) is 0 Å². The van der Waals surface area contributed by atoms with Gasteiger partial charge in [0, 0.05) is 0 Å². The molecule has 0 aliphatic heterocycles. The molecule has 2 rings (SSSR count). The van der Waals surface area contributed by atoms with Crippen molar-refractivity contribution < 1.29 is 4.79 Å². The van der Waals surface area contributed by atoms with Gasteiger partial charge in [0.2, 0.25) is 5.12 Å². The molecule has 0 saturated carbocycles. The van der Waals surface area contributed by atoms with Gasteiger partial charge in [-0.1, -0.05) is 12.1 Å². The lowest BCUT2D eigenvalue weighted by Crippen LogP contribution is -1.96. The molecule has 0 bridgehead atoms. The predicted molar refractivity (Wildman–Crippen MR) is 64.8 cm³/mol. The fraction of sp³-hybridized carbons (Fsp3) is 0.200. The van der Waals surface area contributed by atoms with Crippen LogP contribution < -0.4 is 0 Å². The molecule has 0 N–H and O–H groups in total. The van der Waals surface area contributed by atoms with E-state index in [1.807, 2.05) is 36.8 Å². The second-order valence-corrected chi connectivity index (χ2v) is 6.41. The third-order valence-corrected chi connectivity index (χ3v) is 4.09. The van der Waals surface area contributed by atoms with Crippen LogP contribution in [0.2, 0.25) is 0 Å². The molecule has 0 saturated heterocycles. The number of thiazole rings is 1. The van der Waals surface area contributed by atoms with E-state index in [9.17, 15) is 4.79 Å². The summed E-state index contributed by atoms with van der Waals surface area (Å²) in [5.41, 5.74) is 0.928. The van der Waals surface area contributed by atoms with Gasteiger partial charge in [0.1, 0.15) is 0 Å². The van der Waals surface area contributed by atoms with E-state index in [4.69, 9.17) is 0 Å². The Bertz CT molecular complexity index is 443. The molecule has 0 aliphatic rings. The summed E-state index contributed by atoms with van der Waals surface area (Å²) in [6.07, 6.45) is 3.92. The van der Waals surface area contributed by atoms with E-state index in [0.29, 0.717) is 5.01 Å². The summed E-state index contributed by atoms with van der Waals surface area (Å²) in [7, 11) is -0.566. The van der Waals surface area contributed by atoms with E-state index in [-0.39, 0.29) is 5.12 Å². The largest absolute Gasteiger partial charge is 0.281 e. The highest BCUT2D eigenvalue weighted by molar-refractivity contribution is 8.29. The molecule has 0 radical (unpaired) electrons. The quantitative estimate of drug-likeness (QED) is 0.756. The Morgan fingerprint density at radius 1 is 1.36 bits per heavy atom. The Labute approximate surface area is 89.3 Å². The maximum atomic E-state index is 11.7. The first-order chi connectivity index (χ1) is 6.68.